The van der Waals surface area contributed by atoms with E-state index in [2.05, 4.69) is 43.5 Å². The quantitative estimate of drug-likeness (QED) is 0.0322. The van der Waals surface area contributed by atoms with E-state index in [4.69, 9.17) is 4.74 Å². The van der Waals surface area contributed by atoms with Crippen molar-refractivity contribution in [1.29, 1.82) is 0 Å². The van der Waals surface area contributed by atoms with Crippen LogP contribution in [0.1, 0.15) is 277 Å². The normalized spacial score (nSPS) is 12.9. The number of amides is 1. The highest BCUT2D eigenvalue weighted by Gasteiger charge is 2.18. The highest BCUT2D eigenvalue weighted by molar-refractivity contribution is 5.76. The number of hydrogen-bond acceptors (Lipinski definition) is 5. The highest BCUT2D eigenvalue weighted by atomic mass is 16.5. The topological polar surface area (TPSA) is 95.9 Å². The molecule has 0 aliphatic rings. The maximum atomic E-state index is 12.5. The second kappa shape index (κ2) is 50.7. The van der Waals surface area contributed by atoms with Gasteiger partial charge in [0.15, 0.2) is 0 Å². The lowest BCUT2D eigenvalue weighted by Crippen LogP contribution is -2.45. The lowest BCUT2D eigenvalue weighted by atomic mass is 10.0. The third-order valence-electron chi connectivity index (χ3n) is 12.2. The molecule has 358 valence electrons. The van der Waals surface area contributed by atoms with E-state index < -0.39 is 12.1 Å². The molecule has 0 aromatic rings. The summed E-state index contributed by atoms with van der Waals surface area (Å²) in [7, 11) is 0. The molecule has 2 unspecified atom stereocenters. The number of unbranched alkanes of at least 4 members (excludes halogenated alkanes) is 34. The summed E-state index contributed by atoms with van der Waals surface area (Å²) in [5, 5.41) is 23.1. The lowest BCUT2D eigenvalue weighted by molar-refractivity contribution is -0.143. The Bertz CT molecular complexity index is 993. The van der Waals surface area contributed by atoms with Crippen molar-refractivity contribution in [3.63, 3.8) is 0 Å². The first kappa shape index (κ1) is 59.1. The van der Waals surface area contributed by atoms with Crippen molar-refractivity contribution >= 4 is 11.9 Å². The predicted octanol–water partition coefficient (Wildman–Crippen LogP) is 16.1. The molecule has 2 atom stereocenters. The number of aliphatic hydroxyl groups is 2. The van der Waals surface area contributed by atoms with Crippen molar-refractivity contribution in [2.24, 2.45) is 0 Å². The van der Waals surface area contributed by atoms with Crippen LogP contribution in [-0.4, -0.2) is 47.4 Å². The van der Waals surface area contributed by atoms with Gasteiger partial charge in [0.05, 0.1) is 25.4 Å². The SMILES string of the molecule is CCCC/C=C\C/C=C\CCCCCCCC(=O)OCCCCCCCCCCCCC(=O)NC(CO)C(O)/C=C/CCCCCCCCCCCCCCCCCCCC. The highest BCUT2D eigenvalue weighted by Crippen LogP contribution is 2.16. The molecular formula is C55H103NO5. The Balaban J connectivity index is 3.53. The first-order valence-electron chi connectivity index (χ1n) is 26.8. The fourth-order valence-electron chi connectivity index (χ4n) is 8.00. The minimum atomic E-state index is -0.861. The van der Waals surface area contributed by atoms with Crippen LogP contribution in [0.5, 0.6) is 0 Å². The van der Waals surface area contributed by atoms with Gasteiger partial charge in [0, 0.05) is 12.8 Å². The third-order valence-corrected chi connectivity index (χ3v) is 12.2. The van der Waals surface area contributed by atoms with Gasteiger partial charge in [-0.3, -0.25) is 9.59 Å². The van der Waals surface area contributed by atoms with Crippen LogP contribution in [0.15, 0.2) is 36.5 Å². The number of hydrogen-bond donors (Lipinski definition) is 3. The van der Waals surface area contributed by atoms with Crippen LogP contribution in [0.4, 0.5) is 0 Å². The average Bonchev–Trinajstić information content (AvgIpc) is 3.26. The van der Waals surface area contributed by atoms with Gasteiger partial charge >= 0.3 is 5.97 Å². The zero-order valence-electron chi connectivity index (χ0n) is 40.6. The average molecular weight is 858 g/mol. The minimum Gasteiger partial charge on any atom is -0.466 e. The lowest BCUT2D eigenvalue weighted by Gasteiger charge is -2.20. The number of nitrogens with one attached hydrogen (secondary N) is 1. The number of allylic oxidation sites excluding steroid dienone is 5. The summed E-state index contributed by atoms with van der Waals surface area (Å²) in [6, 6.07) is -0.646. The number of carbonyl (C=O) groups excluding carboxylic acids is 2. The van der Waals surface area contributed by atoms with E-state index in [0.29, 0.717) is 19.4 Å². The number of carbonyl (C=O) groups is 2. The van der Waals surface area contributed by atoms with Crippen LogP contribution >= 0.6 is 0 Å². The monoisotopic (exact) mass is 858 g/mol. The molecule has 0 aliphatic carbocycles. The summed E-state index contributed by atoms with van der Waals surface area (Å²) in [4.78, 5) is 24.5. The molecule has 0 radical (unpaired) electrons. The van der Waals surface area contributed by atoms with Gasteiger partial charge in [0.25, 0.3) is 0 Å². The predicted molar refractivity (Wildman–Crippen MR) is 264 cm³/mol. The van der Waals surface area contributed by atoms with Gasteiger partial charge in [0.2, 0.25) is 5.91 Å². The maximum absolute atomic E-state index is 12.5. The number of esters is 1. The Kier molecular flexibility index (Phi) is 49.1. The van der Waals surface area contributed by atoms with Gasteiger partial charge in [-0.2, -0.15) is 0 Å². The fourth-order valence-corrected chi connectivity index (χ4v) is 8.00. The molecule has 0 rings (SSSR count). The number of rotatable bonds is 49. The second-order valence-electron chi connectivity index (χ2n) is 18.2. The molecule has 0 heterocycles. The second-order valence-corrected chi connectivity index (χ2v) is 18.2. The summed E-state index contributed by atoms with van der Waals surface area (Å²) < 4.78 is 5.44. The minimum absolute atomic E-state index is 0.0355. The first-order valence-corrected chi connectivity index (χ1v) is 26.8. The van der Waals surface area contributed by atoms with E-state index >= 15 is 0 Å². The fraction of sp³-hybridized carbons (Fsp3) is 0.855. The molecule has 0 saturated heterocycles. The molecule has 0 spiro atoms. The Morgan fingerprint density at radius 2 is 0.836 bits per heavy atom. The van der Waals surface area contributed by atoms with Gasteiger partial charge in [-0.05, 0) is 57.8 Å². The first-order chi connectivity index (χ1) is 30.0. The van der Waals surface area contributed by atoms with E-state index in [-0.39, 0.29) is 18.5 Å². The van der Waals surface area contributed by atoms with Crippen LogP contribution in [-0.2, 0) is 14.3 Å². The van der Waals surface area contributed by atoms with Gasteiger partial charge in [-0.1, -0.05) is 243 Å². The van der Waals surface area contributed by atoms with Crippen molar-refractivity contribution in [3.8, 4) is 0 Å². The van der Waals surface area contributed by atoms with Crippen LogP contribution in [0.3, 0.4) is 0 Å². The summed E-state index contributed by atoms with van der Waals surface area (Å²) in [6.07, 6.45) is 61.4. The Hall–Kier alpha value is -1.92. The van der Waals surface area contributed by atoms with E-state index in [9.17, 15) is 19.8 Å². The molecule has 0 bridgehead atoms. The number of ether oxygens (including phenoxy) is 1. The van der Waals surface area contributed by atoms with Gasteiger partial charge in [0.1, 0.15) is 0 Å². The summed E-state index contributed by atoms with van der Waals surface area (Å²) in [5.74, 6) is -0.126. The molecule has 0 aromatic carbocycles. The zero-order valence-corrected chi connectivity index (χ0v) is 40.6. The van der Waals surface area contributed by atoms with Crippen LogP contribution in [0.25, 0.3) is 0 Å². The standard InChI is InChI=1S/C55H103NO5/c1-3-5-7-9-11-13-15-17-19-20-21-22-23-24-25-27-31-35-39-43-47-53(58)52(51-57)56-54(59)48-44-40-36-32-29-30-34-38-42-46-50-61-55(60)49-45-41-37-33-28-26-18-16-14-12-10-8-6-4-2/h10,12,16,18,43,47,52-53,57-58H,3-9,11,13-15,17,19-42,44-46,48-51H2,1-2H3,(H,56,59)/b12-10-,18-16-,47-43+. The van der Waals surface area contributed by atoms with Crippen LogP contribution < -0.4 is 5.32 Å². The molecule has 0 aliphatic heterocycles. The van der Waals surface area contributed by atoms with E-state index in [1.54, 1.807) is 6.08 Å². The third kappa shape index (κ3) is 47.4. The van der Waals surface area contributed by atoms with Crippen LogP contribution in [0.2, 0.25) is 0 Å². The Labute approximate surface area is 379 Å². The summed E-state index contributed by atoms with van der Waals surface area (Å²) in [5.41, 5.74) is 0. The molecule has 61 heavy (non-hydrogen) atoms. The van der Waals surface area contributed by atoms with E-state index in [1.165, 1.54) is 180 Å². The van der Waals surface area contributed by atoms with E-state index in [0.717, 1.165) is 70.6 Å². The molecule has 0 aromatic heterocycles. The van der Waals surface area contributed by atoms with E-state index in [1.807, 2.05) is 6.08 Å². The molecule has 1 amide bonds. The van der Waals surface area contributed by atoms with Crippen molar-refractivity contribution < 1.29 is 24.5 Å². The summed E-state index contributed by atoms with van der Waals surface area (Å²) >= 11 is 0. The Morgan fingerprint density at radius 3 is 1.30 bits per heavy atom. The van der Waals surface area contributed by atoms with Crippen molar-refractivity contribution in [2.75, 3.05) is 13.2 Å². The van der Waals surface area contributed by atoms with Crippen LogP contribution in [0, 0.1) is 0 Å². The van der Waals surface area contributed by atoms with Gasteiger partial charge in [-0.15, -0.1) is 0 Å². The molecule has 6 heteroatoms. The Morgan fingerprint density at radius 1 is 0.459 bits per heavy atom. The molecule has 0 fully saturated rings. The zero-order chi connectivity index (χ0) is 44.4. The van der Waals surface area contributed by atoms with Crippen molar-refractivity contribution in [1.82, 2.24) is 5.32 Å². The van der Waals surface area contributed by atoms with Gasteiger partial charge in [-0.25, -0.2) is 0 Å². The van der Waals surface area contributed by atoms with Gasteiger partial charge < -0.3 is 20.3 Å². The molecule has 3 N–H and O–H groups in total. The van der Waals surface area contributed by atoms with Crippen molar-refractivity contribution in [2.45, 2.75) is 289 Å². The number of aliphatic hydroxyl groups excluding tert-OH is 2. The summed E-state index contributed by atoms with van der Waals surface area (Å²) in [6.45, 7) is 4.81. The van der Waals surface area contributed by atoms with Crippen molar-refractivity contribution in [3.05, 3.63) is 36.5 Å². The molecular weight excluding hydrogens is 755 g/mol. The molecule has 0 saturated carbocycles. The largest absolute Gasteiger partial charge is 0.466 e. The molecule has 6 nitrogen and oxygen atoms in total. The maximum Gasteiger partial charge on any atom is 0.305 e. The smallest absolute Gasteiger partial charge is 0.305 e.